The van der Waals surface area contributed by atoms with Gasteiger partial charge in [0.25, 0.3) is 5.91 Å². The number of hydroxylamine groups is 1. The summed E-state index contributed by atoms with van der Waals surface area (Å²) in [6.45, 7) is 4.25. The average molecular weight is 991 g/mol. The smallest absolute Gasteiger partial charge is 0.460 e. The highest BCUT2D eigenvalue weighted by molar-refractivity contribution is 6.76. The lowest BCUT2D eigenvalue weighted by Gasteiger charge is -2.44. The van der Waals surface area contributed by atoms with Crippen molar-refractivity contribution in [2.45, 2.75) is 118 Å². The Bertz CT molecular complexity index is 1890. The van der Waals surface area contributed by atoms with Gasteiger partial charge in [-0.2, -0.15) is 74.6 Å². The zero-order valence-corrected chi connectivity index (χ0v) is 35.6. The van der Waals surface area contributed by atoms with E-state index in [0.29, 0.717) is 17.0 Å². The molecule has 2 aromatic rings. The van der Waals surface area contributed by atoms with Gasteiger partial charge in [-0.05, 0) is 71.9 Å². The summed E-state index contributed by atoms with van der Waals surface area (Å²) in [6.07, 6.45) is -9.61. The van der Waals surface area contributed by atoms with Gasteiger partial charge in [0.15, 0.2) is 8.32 Å². The second kappa shape index (κ2) is 21.0. The van der Waals surface area contributed by atoms with E-state index in [2.05, 4.69) is 5.32 Å². The maximum Gasteiger partial charge on any atom is 0.460 e. The Morgan fingerprint density at radius 2 is 1.15 bits per heavy atom. The van der Waals surface area contributed by atoms with E-state index in [4.69, 9.17) is 23.8 Å². The van der Waals surface area contributed by atoms with Crippen LogP contribution in [0.15, 0.2) is 60.7 Å². The SMILES string of the molecule is COc1ccc(NC(=O)O[C@H](CC/C=C/C(=O)NO)c2ccc(OCCO[Si](CCC(F)(F)C(F)(F)C(F)(F)C(F)(F)C(F)(F)C(F)(F)C(F)(F)C(F)(F)F)(C(C)C)C(C)C)cc2)cc1. The molecule has 0 saturated carbocycles. The molecule has 0 aliphatic carbocycles. The summed E-state index contributed by atoms with van der Waals surface area (Å²) < 4.78 is 258. The number of halogens is 17. The molecule has 0 radical (unpaired) electrons. The van der Waals surface area contributed by atoms with Gasteiger partial charge in [-0.3, -0.25) is 15.3 Å². The van der Waals surface area contributed by atoms with E-state index in [9.17, 15) is 84.2 Å². The molecule has 9 nitrogen and oxygen atoms in total. The summed E-state index contributed by atoms with van der Waals surface area (Å²) in [5.41, 5.74) is 0.343. The lowest BCUT2D eigenvalue weighted by atomic mass is 9.88. The Hall–Kier alpha value is -4.53. The molecule has 0 spiro atoms. The third-order valence-corrected chi connectivity index (χ3v) is 15.8. The number of ether oxygens (including phenoxy) is 3. The number of methoxy groups -OCH3 is 1. The molecule has 1 atom stereocenters. The first-order chi connectivity index (χ1) is 29.5. The maximum absolute atomic E-state index is 15.0. The van der Waals surface area contributed by atoms with Crippen molar-refractivity contribution >= 4 is 26.0 Å². The Balaban J connectivity index is 2.26. The number of carbonyl (C=O) groups is 2. The molecule has 2 aromatic carbocycles. The van der Waals surface area contributed by atoms with Crippen LogP contribution in [0.25, 0.3) is 0 Å². The van der Waals surface area contributed by atoms with Gasteiger partial charge in [0.1, 0.15) is 24.2 Å². The number of alkyl halides is 17. The summed E-state index contributed by atoms with van der Waals surface area (Å²) in [5, 5.41) is 11.2. The van der Waals surface area contributed by atoms with E-state index in [1.54, 1.807) is 12.1 Å². The molecule has 0 fully saturated rings. The molecule has 27 heteroatoms. The molecule has 370 valence electrons. The Morgan fingerprint density at radius 3 is 1.62 bits per heavy atom. The number of amides is 2. The number of benzene rings is 2. The van der Waals surface area contributed by atoms with Crippen LogP contribution in [0.4, 0.5) is 85.1 Å². The minimum absolute atomic E-state index is 0.101. The maximum atomic E-state index is 15.0. The first-order valence-electron chi connectivity index (χ1n) is 18.8. The topological polar surface area (TPSA) is 115 Å². The van der Waals surface area contributed by atoms with Gasteiger partial charge in [-0.15, -0.1) is 0 Å². The fraction of sp³-hybridized carbons (Fsp3) is 0.579. The van der Waals surface area contributed by atoms with Crippen LogP contribution in [0, 0.1) is 0 Å². The quantitative estimate of drug-likeness (QED) is 0.0240. The minimum Gasteiger partial charge on any atom is -0.497 e. The first-order valence-corrected chi connectivity index (χ1v) is 21.1. The number of nitrogens with one attached hydrogen (secondary N) is 2. The summed E-state index contributed by atoms with van der Waals surface area (Å²) in [5.74, 6) is -57.1. The lowest BCUT2D eigenvalue weighted by Crippen LogP contribution is -2.74. The average Bonchev–Trinajstić information content (AvgIpc) is 3.20. The highest BCUT2D eigenvalue weighted by Gasteiger charge is 2.95. The number of anilines is 1. The monoisotopic (exact) mass is 990 g/mol. The number of hydrogen-bond donors (Lipinski definition) is 3. The number of rotatable bonds is 24. The third-order valence-electron chi connectivity index (χ3n) is 10.1. The van der Waals surface area contributed by atoms with Crippen LogP contribution in [0.5, 0.6) is 11.5 Å². The summed E-state index contributed by atoms with van der Waals surface area (Å²) >= 11 is 0. The summed E-state index contributed by atoms with van der Waals surface area (Å²) in [4.78, 5) is 24.1. The largest absolute Gasteiger partial charge is 0.497 e. The lowest BCUT2D eigenvalue weighted by molar-refractivity contribution is -0.461. The van der Waals surface area contributed by atoms with Gasteiger partial charge in [-0.25, -0.2) is 10.3 Å². The van der Waals surface area contributed by atoms with E-state index in [-0.39, 0.29) is 18.6 Å². The van der Waals surface area contributed by atoms with Gasteiger partial charge >= 0.3 is 53.7 Å². The zero-order chi connectivity index (χ0) is 50.3. The van der Waals surface area contributed by atoms with Gasteiger partial charge in [0.05, 0.1) is 13.7 Å². The van der Waals surface area contributed by atoms with Crippen LogP contribution in [0.2, 0.25) is 17.1 Å². The zero-order valence-electron chi connectivity index (χ0n) is 34.6. The van der Waals surface area contributed by atoms with E-state index in [1.165, 1.54) is 82.8 Å². The third kappa shape index (κ3) is 11.9. The minimum atomic E-state index is -8.70. The van der Waals surface area contributed by atoms with E-state index < -0.39 is 111 Å². The Morgan fingerprint density at radius 1 is 0.677 bits per heavy atom. The van der Waals surface area contributed by atoms with Crippen LogP contribution in [0.1, 0.15) is 58.6 Å². The van der Waals surface area contributed by atoms with Crippen molar-refractivity contribution in [1.29, 1.82) is 0 Å². The van der Waals surface area contributed by atoms with Crippen molar-refractivity contribution < 1.29 is 108 Å². The molecule has 0 saturated heterocycles. The molecule has 0 heterocycles. The molecule has 2 amide bonds. The van der Waals surface area contributed by atoms with Gasteiger partial charge in [0, 0.05) is 18.2 Å². The molecular formula is C38H43F17N2O7Si. The van der Waals surface area contributed by atoms with Gasteiger partial charge < -0.3 is 18.6 Å². The number of hydrogen-bond acceptors (Lipinski definition) is 7. The van der Waals surface area contributed by atoms with Crippen LogP contribution in [-0.4, -0.2) is 93.5 Å². The highest BCUT2D eigenvalue weighted by atomic mass is 28.4. The predicted octanol–water partition coefficient (Wildman–Crippen LogP) is 12.4. The van der Waals surface area contributed by atoms with Crippen molar-refractivity contribution in [3.63, 3.8) is 0 Å². The Kier molecular flexibility index (Phi) is 18.3. The van der Waals surface area contributed by atoms with Crippen molar-refractivity contribution in [2.24, 2.45) is 0 Å². The molecule has 2 rings (SSSR count). The second-order valence-corrected chi connectivity index (χ2v) is 19.9. The molecule has 0 unspecified atom stereocenters. The van der Waals surface area contributed by atoms with E-state index >= 15 is 0 Å². The van der Waals surface area contributed by atoms with Crippen LogP contribution >= 0.6 is 0 Å². The van der Waals surface area contributed by atoms with Crippen molar-refractivity contribution in [2.75, 3.05) is 25.6 Å². The molecule has 0 aromatic heterocycles. The molecular weight excluding hydrogens is 947 g/mol. The standard InChI is InChI=1S/C38H43F17N2O7Si/c1-22(2)65(23(3)4,21-18-31(39,40)32(41,42)33(43,44)34(45,46)35(47,48)36(49,50)37(51,52)38(53,54)55)63-20-19-62-27-14-10-24(11-15-27)28(8-6-7-9-29(58)57-60)64-30(59)56-25-12-16-26(61-5)17-13-25/h7,9-17,22-23,28,60H,6,8,18-21H2,1-5H3,(H,56,59)(H,57,58)/b9-7+/t28-/m1/s1. The van der Waals surface area contributed by atoms with Crippen LogP contribution < -0.4 is 20.3 Å². The predicted molar refractivity (Wildman–Crippen MR) is 198 cm³/mol. The molecule has 0 aliphatic rings. The van der Waals surface area contributed by atoms with Crippen molar-refractivity contribution in [3.8, 4) is 11.5 Å². The van der Waals surface area contributed by atoms with Crippen LogP contribution in [-0.2, 0) is 14.0 Å². The molecule has 65 heavy (non-hydrogen) atoms. The highest BCUT2D eigenvalue weighted by Crippen LogP contribution is 2.64. The molecule has 0 bridgehead atoms. The van der Waals surface area contributed by atoms with E-state index in [1.807, 2.05) is 0 Å². The first kappa shape index (κ1) is 56.6. The van der Waals surface area contributed by atoms with Gasteiger partial charge in [-0.1, -0.05) is 45.9 Å². The molecule has 3 N–H and O–H groups in total. The second-order valence-electron chi connectivity index (χ2n) is 14.9. The van der Waals surface area contributed by atoms with Gasteiger partial charge in [0.2, 0.25) is 0 Å². The normalized spacial score (nSPS) is 14.5. The number of carbonyl (C=O) groups excluding carboxylic acids is 2. The fourth-order valence-electron chi connectivity index (χ4n) is 6.24. The van der Waals surface area contributed by atoms with Crippen molar-refractivity contribution in [1.82, 2.24) is 5.48 Å². The Labute approximate surface area is 360 Å². The number of allylic oxidation sites excluding steroid dienone is 1. The van der Waals surface area contributed by atoms with Crippen molar-refractivity contribution in [3.05, 3.63) is 66.2 Å². The summed E-state index contributed by atoms with van der Waals surface area (Å²) in [6, 6.07) is 10.5. The van der Waals surface area contributed by atoms with Crippen LogP contribution in [0.3, 0.4) is 0 Å². The fourth-order valence-corrected chi connectivity index (χ4v) is 10.7. The van der Waals surface area contributed by atoms with E-state index in [0.717, 1.165) is 6.08 Å². The molecule has 0 aliphatic heterocycles. The summed E-state index contributed by atoms with van der Waals surface area (Å²) in [7, 11) is -2.58.